The summed E-state index contributed by atoms with van der Waals surface area (Å²) in [5, 5.41) is 6.72. The summed E-state index contributed by atoms with van der Waals surface area (Å²) in [6, 6.07) is 0. The normalized spacial score (nSPS) is 15.7. The Morgan fingerprint density at radius 1 is 1.45 bits per heavy atom. The highest BCUT2D eigenvalue weighted by atomic mass is 127. The molecule has 1 heterocycles. The minimum absolute atomic E-state index is 0. The number of halogens is 1. The van der Waals surface area contributed by atoms with Crippen LogP contribution in [0.5, 0.6) is 0 Å². The van der Waals surface area contributed by atoms with Gasteiger partial charge in [0.15, 0.2) is 5.96 Å². The Balaban J connectivity index is 0.00000242. The number of nitrogens with zero attached hydrogens (tertiary/aromatic N) is 3. The first-order chi connectivity index (χ1) is 10.2. The molecule has 0 unspecified atom stereocenters. The van der Waals surface area contributed by atoms with Gasteiger partial charge >= 0.3 is 0 Å². The van der Waals surface area contributed by atoms with E-state index in [0.29, 0.717) is 0 Å². The molecule has 1 saturated carbocycles. The Morgan fingerprint density at radius 3 is 2.77 bits per heavy atom. The molecule has 0 atom stereocenters. The van der Waals surface area contributed by atoms with Crippen LogP contribution in [0.3, 0.4) is 0 Å². The van der Waals surface area contributed by atoms with Crippen molar-refractivity contribution in [3.63, 3.8) is 0 Å². The van der Waals surface area contributed by atoms with Gasteiger partial charge in [0.2, 0.25) is 0 Å². The Hall–Kier alpha value is -0.370. The Bertz CT molecular complexity index is 455. The zero-order chi connectivity index (χ0) is 15.1. The lowest BCUT2D eigenvalue weighted by molar-refractivity contribution is 0.454. The lowest BCUT2D eigenvalue weighted by Gasteiger charge is -2.21. The average molecular weight is 436 g/mol. The van der Waals surface area contributed by atoms with Gasteiger partial charge in [-0.2, -0.15) is 0 Å². The van der Waals surface area contributed by atoms with Crippen LogP contribution in [0.2, 0.25) is 0 Å². The maximum absolute atomic E-state index is 4.51. The summed E-state index contributed by atoms with van der Waals surface area (Å²) in [5.41, 5.74) is 1.12. The molecule has 126 valence electrons. The molecular formula is C16H29IN4S. The van der Waals surface area contributed by atoms with E-state index in [2.05, 4.69) is 32.6 Å². The fourth-order valence-corrected chi connectivity index (χ4v) is 3.68. The van der Waals surface area contributed by atoms with Crippen LogP contribution in [0.1, 0.15) is 49.2 Å². The van der Waals surface area contributed by atoms with Crippen LogP contribution in [-0.4, -0.2) is 36.5 Å². The van der Waals surface area contributed by atoms with Crippen molar-refractivity contribution in [2.45, 2.75) is 52.0 Å². The number of rotatable bonds is 6. The van der Waals surface area contributed by atoms with Crippen LogP contribution in [0, 0.1) is 12.8 Å². The first kappa shape index (κ1) is 19.7. The largest absolute Gasteiger partial charge is 0.356 e. The lowest BCUT2D eigenvalue weighted by Crippen LogP contribution is -2.39. The van der Waals surface area contributed by atoms with Gasteiger partial charge in [-0.1, -0.05) is 25.7 Å². The molecule has 6 heteroatoms. The maximum Gasteiger partial charge on any atom is 0.193 e. The minimum atomic E-state index is 0. The highest BCUT2D eigenvalue weighted by molar-refractivity contribution is 14.0. The van der Waals surface area contributed by atoms with Crippen LogP contribution in [0.4, 0.5) is 0 Å². The Morgan fingerprint density at radius 2 is 2.18 bits per heavy atom. The van der Waals surface area contributed by atoms with E-state index in [0.717, 1.165) is 35.7 Å². The molecule has 1 aromatic rings. The summed E-state index contributed by atoms with van der Waals surface area (Å²) in [5.74, 6) is 1.94. The zero-order valence-electron chi connectivity index (χ0n) is 14.0. The summed E-state index contributed by atoms with van der Waals surface area (Å²) >= 11 is 1.70. The van der Waals surface area contributed by atoms with Crippen molar-refractivity contribution in [3.8, 4) is 0 Å². The number of aromatic nitrogens is 1. The average Bonchev–Trinajstić information content (AvgIpc) is 3.10. The van der Waals surface area contributed by atoms with Crippen LogP contribution < -0.4 is 5.32 Å². The summed E-state index contributed by atoms with van der Waals surface area (Å²) in [7, 11) is 3.92. The number of aliphatic imine (C=N–C) groups is 1. The van der Waals surface area contributed by atoms with E-state index in [-0.39, 0.29) is 24.0 Å². The van der Waals surface area contributed by atoms with Gasteiger partial charge in [-0.05, 0) is 25.7 Å². The number of nitrogens with one attached hydrogen (secondary N) is 1. The molecule has 1 aromatic heterocycles. The van der Waals surface area contributed by atoms with Gasteiger partial charge < -0.3 is 10.2 Å². The molecule has 0 bridgehead atoms. The number of hydrogen-bond acceptors (Lipinski definition) is 3. The lowest BCUT2D eigenvalue weighted by atomic mass is 10.0. The molecule has 22 heavy (non-hydrogen) atoms. The molecule has 1 N–H and O–H groups in total. The molecular weight excluding hydrogens is 407 g/mol. The van der Waals surface area contributed by atoms with E-state index in [4.69, 9.17) is 0 Å². The molecule has 1 aliphatic rings. The number of aryl methyl sites for hydroxylation is 1. The quantitative estimate of drug-likeness (QED) is 0.317. The first-order valence-corrected chi connectivity index (χ1v) is 8.90. The predicted molar refractivity (Wildman–Crippen MR) is 106 cm³/mol. The van der Waals surface area contributed by atoms with Crippen molar-refractivity contribution in [1.29, 1.82) is 0 Å². The zero-order valence-corrected chi connectivity index (χ0v) is 17.1. The summed E-state index contributed by atoms with van der Waals surface area (Å²) in [6.45, 7) is 3.88. The van der Waals surface area contributed by atoms with Crippen LogP contribution >= 0.6 is 35.3 Å². The van der Waals surface area contributed by atoms with E-state index in [1.165, 1.54) is 38.5 Å². The fourth-order valence-electron chi connectivity index (χ4n) is 3.07. The highest BCUT2D eigenvalue weighted by Crippen LogP contribution is 2.28. The number of thiazole rings is 1. The molecule has 0 aliphatic heterocycles. The summed E-state index contributed by atoms with van der Waals surface area (Å²) in [4.78, 5) is 11.0. The third-order valence-electron chi connectivity index (χ3n) is 4.19. The van der Waals surface area contributed by atoms with Crippen molar-refractivity contribution in [1.82, 2.24) is 15.2 Å². The molecule has 1 fully saturated rings. The molecule has 0 aromatic carbocycles. The van der Waals surface area contributed by atoms with Crippen LogP contribution in [0.15, 0.2) is 10.4 Å². The topological polar surface area (TPSA) is 40.5 Å². The molecule has 0 amide bonds. The van der Waals surface area contributed by atoms with Crippen molar-refractivity contribution in [2.24, 2.45) is 10.9 Å². The minimum Gasteiger partial charge on any atom is -0.356 e. The second-order valence-corrected chi connectivity index (χ2v) is 7.04. The van der Waals surface area contributed by atoms with Gasteiger partial charge in [-0.15, -0.1) is 35.3 Å². The molecule has 1 aliphatic carbocycles. The van der Waals surface area contributed by atoms with E-state index in [1.807, 2.05) is 14.0 Å². The van der Waals surface area contributed by atoms with Gasteiger partial charge in [0.1, 0.15) is 0 Å². The molecule has 2 rings (SSSR count). The van der Waals surface area contributed by atoms with Gasteiger partial charge in [0, 0.05) is 26.0 Å². The van der Waals surface area contributed by atoms with Crippen LogP contribution in [0.25, 0.3) is 0 Å². The second kappa shape index (κ2) is 10.4. The standard InChI is InChI=1S/C16H28N4S.HI/c1-13-19-15(12-21-13)11-20(3)16(17-2)18-10-6-9-14-7-4-5-8-14;/h12,14H,4-11H2,1-3H3,(H,17,18);1H. The van der Waals surface area contributed by atoms with E-state index < -0.39 is 0 Å². The monoisotopic (exact) mass is 436 g/mol. The first-order valence-electron chi connectivity index (χ1n) is 8.02. The number of hydrogen-bond donors (Lipinski definition) is 1. The van der Waals surface area contributed by atoms with E-state index in [9.17, 15) is 0 Å². The van der Waals surface area contributed by atoms with E-state index in [1.54, 1.807) is 11.3 Å². The molecule has 4 nitrogen and oxygen atoms in total. The van der Waals surface area contributed by atoms with Crippen molar-refractivity contribution in [3.05, 3.63) is 16.1 Å². The third kappa shape index (κ3) is 6.40. The Labute approximate surface area is 155 Å². The maximum atomic E-state index is 4.51. The third-order valence-corrected chi connectivity index (χ3v) is 5.01. The Kier molecular flexibility index (Phi) is 9.31. The molecule has 0 spiro atoms. The smallest absolute Gasteiger partial charge is 0.193 e. The van der Waals surface area contributed by atoms with Gasteiger partial charge in [0.05, 0.1) is 17.2 Å². The molecule has 0 saturated heterocycles. The predicted octanol–water partition coefficient (Wildman–Crippen LogP) is 4.05. The van der Waals surface area contributed by atoms with Crippen molar-refractivity contribution < 1.29 is 0 Å². The summed E-state index contributed by atoms with van der Waals surface area (Å²) in [6.07, 6.45) is 8.37. The van der Waals surface area contributed by atoms with Crippen molar-refractivity contribution >= 4 is 41.3 Å². The fraction of sp³-hybridized carbons (Fsp3) is 0.750. The number of guanidine groups is 1. The van der Waals surface area contributed by atoms with E-state index >= 15 is 0 Å². The van der Waals surface area contributed by atoms with Crippen molar-refractivity contribution in [2.75, 3.05) is 20.6 Å². The highest BCUT2D eigenvalue weighted by Gasteiger charge is 2.14. The van der Waals surface area contributed by atoms with Gasteiger partial charge in [-0.3, -0.25) is 4.99 Å². The second-order valence-electron chi connectivity index (χ2n) is 5.98. The van der Waals surface area contributed by atoms with Gasteiger partial charge in [-0.25, -0.2) is 4.98 Å². The van der Waals surface area contributed by atoms with Gasteiger partial charge in [0.25, 0.3) is 0 Å². The van der Waals surface area contributed by atoms with Crippen LogP contribution in [-0.2, 0) is 6.54 Å². The SMILES string of the molecule is CN=C(NCCCC1CCCC1)N(C)Cc1csc(C)n1.I. The summed E-state index contributed by atoms with van der Waals surface area (Å²) < 4.78 is 0. The molecule has 0 radical (unpaired) electrons.